The molecule has 0 amide bonds. The Morgan fingerprint density at radius 2 is 1.92 bits per heavy atom. The van der Waals surface area contributed by atoms with Crippen LogP contribution in [-0.2, 0) is 11.3 Å². The molecule has 0 aromatic carbocycles. The van der Waals surface area contributed by atoms with E-state index in [-0.39, 0.29) is 0 Å². The fraction of sp³-hybridized carbons (Fsp3) is 0.812. The average molecular weight is 335 g/mol. The van der Waals surface area contributed by atoms with Crippen molar-refractivity contribution in [2.24, 2.45) is 0 Å². The summed E-state index contributed by atoms with van der Waals surface area (Å²) in [6, 6.07) is 0.674. The van der Waals surface area contributed by atoms with Crippen molar-refractivity contribution in [3.8, 4) is 0 Å². The van der Waals surface area contributed by atoms with E-state index in [1.54, 1.807) is 0 Å². The standard InChI is InChI=1S/C16H29N7O/c1-12-10-23(8-9-24-12)13-4-6-22(7-5-13)11-14-18-15(17)20-16(19-14)21(2)3/h12-13H,4-11H2,1-3H3,(H2,17,18,19,20)/t12-/m0/s1. The number of piperidine rings is 1. The predicted molar refractivity (Wildman–Crippen MR) is 93.9 cm³/mol. The van der Waals surface area contributed by atoms with E-state index >= 15 is 0 Å². The first-order chi connectivity index (χ1) is 11.5. The highest BCUT2D eigenvalue weighted by molar-refractivity contribution is 5.32. The van der Waals surface area contributed by atoms with Gasteiger partial charge in [-0.3, -0.25) is 9.80 Å². The van der Waals surface area contributed by atoms with Gasteiger partial charge in [0.15, 0.2) is 0 Å². The van der Waals surface area contributed by atoms with Gasteiger partial charge in [-0.05, 0) is 19.8 Å². The molecule has 2 aliphatic heterocycles. The lowest BCUT2D eigenvalue weighted by Crippen LogP contribution is -2.50. The Kier molecular flexibility index (Phi) is 5.47. The summed E-state index contributed by atoms with van der Waals surface area (Å²) in [4.78, 5) is 19.8. The smallest absolute Gasteiger partial charge is 0.229 e. The summed E-state index contributed by atoms with van der Waals surface area (Å²) < 4.78 is 5.65. The molecule has 2 N–H and O–H groups in total. The van der Waals surface area contributed by atoms with Crippen LogP contribution in [-0.4, -0.2) is 83.8 Å². The number of rotatable bonds is 4. The van der Waals surface area contributed by atoms with Gasteiger partial charge in [0, 0.05) is 46.3 Å². The molecule has 0 unspecified atom stereocenters. The molecule has 2 saturated heterocycles. The molecule has 0 bridgehead atoms. The lowest BCUT2D eigenvalue weighted by molar-refractivity contribution is -0.0438. The van der Waals surface area contributed by atoms with Crippen molar-refractivity contribution < 1.29 is 4.74 Å². The zero-order chi connectivity index (χ0) is 17.1. The van der Waals surface area contributed by atoms with Gasteiger partial charge < -0.3 is 15.4 Å². The predicted octanol–water partition coefficient (Wildman–Crippen LogP) is 0.205. The lowest BCUT2D eigenvalue weighted by Gasteiger charge is -2.41. The lowest BCUT2D eigenvalue weighted by atomic mass is 10.0. The average Bonchev–Trinajstić information content (AvgIpc) is 2.55. The quantitative estimate of drug-likeness (QED) is 0.836. The molecule has 0 aliphatic carbocycles. The van der Waals surface area contributed by atoms with Crippen molar-refractivity contribution in [1.82, 2.24) is 24.8 Å². The Balaban J connectivity index is 1.54. The molecular formula is C16H29N7O. The maximum atomic E-state index is 5.81. The van der Waals surface area contributed by atoms with Gasteiger partial charge in [-0.1, -0.05) is 0 Å². The molecule has 1 atom stereocenters. The van der Waals surface area contributed by atoms with Gasteiger partial charge in [0.25, 0.3) is 0 Å². The summed E-state index contributed by atoms with van der Waals surface area (Å²) in [5.41, 5.74) is 5.81. The molecule has 8 nitrogen and oxygen atoms in total. The number of anilines is 2. The van der Waals surface area contributed by atoms with E-state index in [4.69, 9.17) is 10.5 Å². The van der Waals surface area contributed by atoms with Crippen LogP contribution in [0.3, 0.4) is 0 Å². The number of nitrogens with two attached hydrogens (primary N) is 1. The van der Waals surface area contributed by atoms with E-state index in [1.807, 2.05) is 19.0 Å². The van der Waals surface area contributed by atoms with Gasteiger partial charge in [-0.25, -0.2) is 0 Å². The van der Waals surface area contributed by atoms with Crippen molar-refractivity contribution in [3.05, 3.63) is 5.82 Å². The van der Waals surface area contributed by atoms with E-state index in [9.17, 15) is 0 Å². The second-order valence-electron chi connectivity index (χ2n) is 6.99. The van der Waals surface area contributed by atoms with Gasteiger partial charge >= 0.3 is 0 Å². The minimum atomic E-state index is 0.292. The topological polar surface area (TPSA) is 83.6 Å². The molecule has 134 valence electrons. The number of likely N-dealkylation sites (tertiary alicyclic amines) is 1. The molecule has 2 fully saturated rings. The number of morpholine rings is 1. The third kappa shape index (κ3) is 4.31. The van der Waals surface area contributed by atoms with Crippen molar-refractivity contribution >= 4 is 11.9 Å². The molecule has 0 saturated carbocycles. The number of nitrogen functional groups attached to an aromatic ring is 1. The highest BCUT2D eigenvalue weighted by atomic mass is 16.5. The van der Waals surface area contributed by atoms with E-state index in [1.165, 1.54) is 12.8 Å². The summed E-state index contributed by atoms with van der Waals surface area (Å²) in [5.74, 6) is 1.67. The Morgan fingerprint density at radius 3 is 2.58 bits per heavy atom. The Labute approximate surface area is 144 Å². The van der Waals surface area contributed by atoms with Gasteiger partial charge in [-0.2, -0.15) is 15.0 Å². The molecule has 8 heteroatoms. The zero-order valence-electron chi connectivity index (χ0n) is 15.0. The Morgan fingerprint density at radius 1 is 1.17 bits per heavy atom. The zero-order valence-corrected chi connectivity index (χ0v) is 15.0. The summed E-state index contributed by atoms with van der Waals surface area (Å²) in [6.45, 7) is 8.01. The Bertz CT molecular complexity index is 545. The van der Waals surface area contributed by atoms with Crippen LogP contribution >= 0.6 is 0 Å². The minimum Gasteiger partial charge on any atom is -0.376 e. The normalized spacial score (nSPS) is 24.2. The maximum Gasteiger partial charge on any atom is 0.229 e. The third-order valence-corrected chi connectivity index (χ3v) is 4.80. The molecular weight excluding hydrogens is 306 g/mol. The van der Waals surface area contributed by atoms with E-state index in [0.29, 0.717) is 24.0 Å². The summed E-state index contributed by atoms with van der Waals surface area (Å²) in [6.07, 6.45) is 2.73. The van der Waals surface area contributed by atoms with Crippen LogP contribution in [0.25, 0.3) is 0 Å². The molecule has 1 aromatic heterocycles. The van der Waals surface area contributed by atoms with Gasteiger partial charge in [0.05, 0.1) is 19.3 Å². The number of nitrogens with zero attached hydrogens (tertiary/aromatic N) is 6. The molecule has 0 spiro atoms. The third-order valence-electron chi connectivity index (χ3n) is 4.80. The molecule has 3 heterocycles. The van der Waals surface area contributed by atoms with Crippen molar-refractivity contribution in [2.45, 2.75) is 38.5 Å². The largest absolute Gasteiger partial charge is 0.376 e. The fourth-order valence-electron chi connectivity index (χ4n) is 3.52. The van der Waals surface area contributed by atoms with Crippen molar-refractivity contribution in [2.75, 3.05) is 57.5 Å². The monoisotopic (exact) mass is 335 g/mol. The first-order valence-electron chi connectivity index (χ1n) is 8.77. The summed E-state index contributed by atoms with van der Waals surface area (Å²) in [5, 5.41) is 0. The second-order valence-corrected chi connectivity index (χ2v) is 6.99. The van der Waals surface area contributed by atoms with Crippen molar-refractivity contribution in [3.63, 3.8) is 0 Å². The second kappa shape index (κ2) is 7.58. The minimum absolute atomic E-state index is 0.292. The molecule has 0 radical (unpaired) electrons. The van der Waals surface area contributed by atoms with E-state index < -0.39 is 0 Å². The van der Waals surface area contributed by atoms with Crippen LogP contribution in [0.5, 0.6) is 0 Å². The van der Waals surface area contributed by atoms with Gasteiger partial charge in [-0.15, -0.1) is 0 Å². The first-order valence-corrected chi connectivity index (χ1v) is 8.77. The Hall–Kier alpha value is -1.51. The van der Waals surface area contributed by atoms with E-state index in [0.717, 1.165) is 45.2 Å². The highest BCUT2D eigenvalue weighted by Gasteiger charge is 2.28. The van der Waals surface area contributed by atoms with Crippen LogP contribution in [0.2, 0.25) is 0 Å². The van der Waals surface area contributed by atoms with E-state index in [2.05, 4.69) is 31.7 Å². The van der Waals surface area contributed by atoms with Crippen LogP contribution in [0.4, 0.5) is 11.9 Å². The summed E-state index contributed by atoms with van der Waals surface area (Å²) in [7, 11) is 3.82. The maximum absolute atomic E-state index is 5.81. The van der Waals surface area contributed by atoms with Gasteiger partial charge in [0.1, 0.15) is 5.82 Å². The van der Waals surface area contributed by atoms with Crippen molar-refractivity contribution in [1.29, 1.82) is 0 Å². The van der Waals surface area contributed by atoms with Gasteiger partial charge in [0.2, 0.25) is 11.9 Å². The number of hydrogen-bond donors (Lipinski definition) is 1. The van der Waals surface area contributed by atoms with Crippen LogP contribution in [0, 0.1) is 0 Å². The fourth-order valence-corrected chi connectivity index (χ4v) is 3.52. The first kappa shape index (κ1) is 17.3. The molecule has 1 aromatic rings. The molecule has 3 rings (SSSR count). The highest BCUT2D eigenvalue weighted by Crippen LogP contribution is 2.20. The molecule has 2 aliphatic rings. The number of ether oxygens (including phenoxy) is 1. The van der Waals surface area contributed by atoms with Crippen LogP contribution in [0.15, 0.2) is 0 Å². The summed E-state index contributed by atoms with van der Waals surface area (Å²) >= 11 is 0. The van der Waals surface area contributed by atoms with Crippen LogP contribution < -0.4 is 10.6 Å². The molecule has 24 heavy (non-hydrogen) atoms. The van der Waals surface area contributed by atoms with Crippen LogP contribution in [0.1, 0.15) is 25.6 Å². The number of aromatic nitrogens is 3. The SMILES string of the molecule is C[C@H]1CN(C2CCN(Cc3nc(N)nc(N(C)C)n3)CC2)CCO1. The number of hydrogen-bond acceptors (Lipinski definition) is 8.